The Kier molecular flexibility index (Phi) is 6.63. The van der Waals surface area contributed by atoms with Crippen LogP contribution in [0.5, 0.6) is 0 Å². The van der Waals surface area contributed by atoms with Gasteiger partial charge in [0, 0.05) is 32.4 Å². The van der Waals surface area contributed by atoms with Crippen LogP contribution in [0.2, 0.25) is 0 Å². The Balaban J connectivity index is 1.45. The summed E-state index contributed by atoms with van der Waals surface area (Å²) in [6.07, 6.45) is 1.48. The molecule has 31 heavy (non-hydrogen) atoms. The van der Waals surface area contributed by atoms with Crippen molar-refractivity contribution in [1.82, 2.24) is 9.88 Å². The van der Waals surface area contributed by atoms with Gasteiger partial charge in [-0.3, -0.25) is 4.90 Å². The highest BCUT2D eigenvalue weighted by atomic mass is 16.5. The first-order chi connectivity index (χ1) is 15.1. The van der Waals surface area contributed by atoms with Crippen molar-refractivity contribution < 1.29 is 9.53 Å². The van der Waals surface area contributed by atoms with E-state index in [0.29, 0.717) is 5.56 Å². The van der Waals surface area contributed by atoms with Crippen LogP contribution in [-0.2, 0) is 4.74 Å². The highest BCUT2D eigenvalue weighted by Crippen LogP contribution is 2.30. The maximum Gasteiger partial charge on any atom is 0.339 e. The minimum absolute atomic E-state index is 0.137. The molecule has 1 aliphatic rings. The van der Waals surface area contributed by atoms with Gasteiger partial charge in [0.05, 0.1) is 17.7 Å². The topological polar surface area (TPSA) is 45.7 Å². The zero-order chi connectivity index (χ0) is 21.6. The fourth-order valence-electron chi connectivity index (χ4n) is 4.07. The molecule has 0 unspecified atom stereocenters. The Hall–Kier alpha value is -3.18. The average Bonchev–Trinajstić information content (AvgIpc) is 2.81. The number of anilines is 1. The number of carbonyl (C=O) groups is 1. The molecule has 0 bridgehead atoms. The normalized spacial score (nSPS) is 14.8. The zero-order valence-corrected chi connectivity index (χ0v) is 18.1. The lowest BCUT2D eigenvalue weighted by Gasteiger charge is -2.40. The number of hydrogen-bond acceptors (Lipinski definition) is 5. The number of benzene rings is 2. The maximum atomic E-state index is 12.0. The van der Waals surface area contributed by atoms with E-state index in [0.717, 1.165) is 32.0 Å². The molecule has 0 saturated carbocycles. The number of pyridine rings is 1. The van der Waals surface area contributed by atoms with Gasteiger partial charge in [0.25, 0.3) is 0 Å². The van der Waals surface area contributed by atoms with Crippen LogP contribution >= 0.6 is 0 Å². The standard InChI is InChI=1S/C26H29N3O2/c1-20(2)31-26(30)23-13-14-24(27-19-23)28-15-17-29(18-16-28)25(21-9-5-3-6-10-21)22-11-7-4-8-12-22/h3-14,19-20,25H,15-18H2,1-2H3. The second-order valence-corrected chi connectivity index (χ2v) is 8.11. The van der Waals surface area contributed by atoms with Gasteiger partial charge in [-0.2, -0.15) is 0 Å². The van der Waals surface area contributed by atoms with Crippen LogP contribution in [0.15, 0.2) is 79.0 Å². The van der Waals surface area contributed by atoms with Gasteiger partial charge in [-0.05, 0) is 37.1 Å². The molecule has 160 valence electrons. The van der Waals surface area contributed by atoms with E-state index in [1.807, 2.05) is 19.9 Å². The first kappa shape index (κ1) is 21.1. The molecule has 4 rings (SSSR count). The largest absolute Gasteiger partial charge is 0.459 e. The lowest BCUT2D eigenvalue weighted by Crippen LogP contribution is -2.48. The number of ether oxygens (including phenoxy) is 1. The molecule has 2 heterocycles. The predicted octanol–water partition coefficient (Wildman–Crippen LogP) is 4.56. The van der Waals surface area contributed by atoms with Crippen molar-refractivity contribution in [1.29, 1.82) is 0 Å². The van der Waals surface area contributed by atoms with E-state index in [1.54, 1.807) is 12.3 Å². The van der Waals surface area contributed by atoms with Crippen LogP contribution in [-0.4, -0.2) is 48.1 Å². The van der Waals surface area contributed by atoms with Gasteiger partial charge in [0.15, 0.2) is 0 Å². The van der Waals surface area contributed by atoms with Crippen LogP contribution in [0.25, 0.3) is 0 Å². The van der Waals surface area contributed by atoms with Crippen molar-refractivity contribution in [2.24, 2.45) is 0 Å². The number of esters is 1. The number of aromatic nitrogens is 1. The minimum Gasteiger partial charge on any atom is -0.459 e. The fourth-order valence-corrected chi connectivity index (χ4v) is 4.07. The van der Waals surface area contributed by atoms with Crippen molar-refractivity contribution in [2.75, 3.05) is 31.1 Å². The molecule has 0 radical (unpaired) electrons. The fraction of sp³-hybridized carbons (Fsp3) is 0.308. The second-order valence-electron chi connectivity index (χ2n) is 8.11. The molecule has 2 aromatic carbocycles. The van der Waals surface area contributed by atoms with Crippen molar-refractivity contribution in [3.63, 3.8) is 0 Å². The molecule has 5 nitrogen and oxygen atoms in total. The average molecular weight is 416 g/mol. The molecule has 0 atom stereocenters. The van der Waals surface area contributed by atoms with E-state index >= 15 is 0 Å². The zero-order valence-electron chi connectivity index (χ0n) is 18.1. The molecule has 0 aliphatic carbocycles. The van der Waals surface area contributed by atoms with Crippen molar-refractivity contribution in [3.8, 4) is 0 Å². The summed E-state index contributed by atoms with van der Waals surface area (Å²) in [6.45, 7) is 7.34. The minimum atomic E-state index is -0.326. The lowest BCUT2D eigenvalue weighted by molar-refractivity contribution is 0.0377. The molecule has 1 aromatic heterocycles. The third kappa shape index (κ3) is 5.12. The quantitative estimate of drug-likeness (QED) is 0.553. The SMILES string of the molecule is CC(C)OC(=O)c1ccc(N2CCN(C(c3ccccc3)c3ccccc3)CC2)nc1. The monoisotopic (exact) mass is 415 g/mol. The van der Waals surface area contributed by atoms with E-state index < -0.39 is 0 Å². The van der Waals surface area contributed by atoms with E-state index in [9.17, 15) is 4.79 Å². The summed E-state index contributed by atoms with van der Waals surface area (Å²) < 4.78 is 5.25. The summed E-state index contributed by atoms with van der Waals surface area (Å²) in [5, 5.41) is 0. The lowest BCUT2D eigenvalue weighted by atomic mass is 9.96. The third-order valence-corrected chi connectivity index (χ3v) is 5.56. The molecule has 5 heteroatoms. The van der Waals surface area contributed by atoms with Crippen molar-refractivity contribution >= 4 is 11.8 Å². The summed E-state index contributed by atoms with van der Waals surface area (Å²) in [4.78, 5) is 21.4. The van der Waals surface area contributed by atoms with Crippen LogP contribution < -0.4 is 4.90 Å². The molecule has 1 aliphatic heterocycles. The number of nitrogens with zero attached hydrogens (tertiary/aromatic N) is 3. The molecule has 3 aromatic rings. The van der Waals surface area contributed by atoms with Gasteiger partial charge < -0.3 is 9.64 Å². The van der Waals surface area contributed by atoms with Gasteiger partial charge in [-0.15, -0.1) is 0 Å². The number of carbonyl (C=O) groups excluding carboxylic acids is 1. The molecular formula is C26H29N3O2. The predicted molar refractivity (Wildman–Crippen MR) is 123 cm³/mol. The molecule has 1 fully saturated rings. The van der Waals surface area contributed by atoms with Crippen LogP contribution in [0, 0.1) is 0 Å². The third-order valence-electron chi connectivity index (χ3n) is 5.56. The highest BCUT2D eigenvalue weighted by Gasteiger charge is 2.26. The molecule has 1 saturated heterocycles. The molecule has 0 N–H and O–H groups in total. The Bertz CT molecular complexity index is 927. The van der Waals surface area contributed by atoms with Crippen LogP contribution in [0.3, 0.4) is 0 Å². The summed E-state index contributed by atoms with van der Waals surface area (Å²) in [5.74, 6) is 0.573. The number of hydrogen-bond donors (Lipinski definition) is 0. The Morgan fingerprint density at radius 3 is 1.90 bits per heavy atom. The summed E-state index contributed by atoms with van der Waals surface area (Å²) in [6, 6.07) is 25.4. The van der Waals surface area contributed by atoms with E-state index in [-0.39, 0.29) is 18.1 Å². The Labute approximate surface area is 184 Å². The van der Waals surface area contributed by atoms with Crippen molar-refractivity contribution in [2.45, 2.75) is 26.0 Å². The van der Waals surface area contributed by atoms with Gasteiger partial charge in [-0.25, -0.2) is 9.78 Å². The first-order valence-corrected chi connectivity index (χ1v) is 10.9. The number of rotatable bonds is 6. The van der Waals surface area contributed by atoms with Gasteiger partial charge >= 0.3 is 5.97 Å². The van der Waals surface area contributed by atoms with Crippen molar-refractivity contribution in [3.05, 3.63) is 95.7 Å². The van der Waals surface area contributed by atoms with E-state index in [1.165, 1.54) is 11.1 Å². The highest BCUT2D eigenvalue weighted by molar-refractivity contribution is 5.89. The molecule has 0 spiro atoms. The maximum absolute atomic E-state index is 12.0. The Morgan fingerprint density at radius 2 is 1.42 bits per heavy atom. The van der Waals surface area contributed by atoms with Crippen LogP contribution in [0.1, 0.15) is 41.4 Å². The van der Waals surface area contributed by atoms with Gasteiger partial charge in [0.2, 0.25) is 0 Å². The first-order valence-electron chi connectivity index (χ1n) is 10.9. The molecular weight excluding hydrogens is 386 g/mol. The summed E-state index contributed by atoms with van der Waals surface area (Å²) in [7, 11) is 0. The van der Waals surface area contributed by atoms with Gasteiger partial charge in [-0.1, -0.05) is 60.7 Å². The summed E-state index contributed by atoms with van der Waals surface area (Å²) in [5.41, 5.74) is 3.12. The second kappa shape index (κ2) is 9.75. The number of piperazine rings is 1. The van der Waals surface area contributed by atoms with Crippen LogP contribution in [0.4, 0.5) is 5.82 Å². The molecule has 0 amide bonds. The van der Waals surface area contributed by atoms with Gasteiger partial charge in [0.1, 0.15) is 5.82 Å². The van der Waals surface area contributed by atoms with E-state index in [2.05, 4.69) is 75.4 Å². The summed E-state index contributed by atoms with van der Waals surface area (Å²) >= 11 is 0. The smallest absolute Gasteiger partial charge is 0.339 e. The Morgan fingerprint density at radius 1 is 0.839 bits per heavy atom. The van der Waals surface area contributed by atoms with E-state index in [4.69, 9.17) is 4.74 Å².